The molecule has 0 fully saturated rings. The number of aryl methyl sites for hydroxylation is 2. The van der Waals surface area contributed by atoms with Crippen LogP contribution >= 0.6 is 11.3 Å². The Balaban J connectivity index is 1.81. The predicted molar refractivity (Wildman–Crippen MR) is 97.8 cm³/mol. The number of aromatic nitrogens is 2. The first kappa shape index (κ1) is 17.4. The van der Waals surface area contributed by atoms with E-state index in [0.29, 0.717) is 17.2 Å². The molecule has 0 radical (unpaired) electrons. The van der Waals surface area contributed by atoms with E-state index < -0.39 is 0 Å². The largest absolute Gasteiger partial charge is 0.462 e. The first-order chi connectivity index (χ1) is 12.1. The van der Waals surface area contributed by atoms with E-state index in [9.17, 15) is 9.59 Å². The summed E-state index contributed by atoms with van der Waals surface area (Å²) in [5.41, 5.74) is 2.42. The van der Waals surface area contributed by atoms with E-state index in [0.717, 1.165) is 36.8 Å². The van der Waals surface area contributed by atoms with Crippen molar-refractivity contribution in [3.05, 3.63) is 40.0 Å². The van der Waals surface area contributed by atoms with Crippen molar-refractivity contribution in [2.24, 2.45) is 7.05 Å². The lowest BCUT2D eigenvalue weighted by Crippen LogP contribution is -2.14. The van der Waals surface area contributed by atoms with Gasteiger partial charge in [0.05, 0.1) is 18.4 Å². The number of hydrogen-bond acceptors (Lipinski definition) is 5. The standard InChI is InChI=1S/C18H21N3O3S/c1-3-24-18(23)16-13-6-4-5-7-14(13)25-17(16)20-15(22)9-8-12-10-19-21(2)11-12/h8-11H,3-7H2,1-2H3,(H,20,22). The molecule has 0 bridgehead atoms. The van der Waals surface area contributed by atoms with E-state index in [1.807, 2.05) is 13.2 Å². The molecule has 3 rings (SSSR count). The molecule has 1 aliphatic rings. The van der Waals surface area contributed by atoms with Crippen molar-refractivity contribution in [1.82, 2.24) is 9.78 Å². The molecule has 25 heavy (non-hydrogen) atoms. The molecule has 0 saturated heterocycles. The quantitative estimate of drug-likeness (QED) is 0.657. The Labute approximate surface area is 150 Å². The number of anilines is 1. The maximum atomic E-state index is 12.4. The number of rotatable bonds is 5. The molecule has 0 aromatic carbocycles. The van der Waals surface area contributed by atoms with E-state index in [1.165, 1.54) is 22.3 Å². The average Bonchev–Trinajstić information content (AvgIpc) is 3.16. The minimum Gasteiger partial charge on any atom is -0.462 e. The normalized spacial score (nSPS) is 13.7. The molecule has 7 heteroatoms. The lowest BCUT2D eigenvalue weighted by molar-refractivity contribution is -0.111. The maximum Gasteiger partial charge on any atom is 0.341 e. The van der Waals surface area contributed by atoms with Crippen LogP contribution in [0.15, 0.2) is 18.5 Å². The van der Waals surface area contributed by atoms with Crippen molar-refractivity contribution < 1.29 is 14.3 Å². The number of thiophene rings is 1. The smallest absolute Gasteiger partial charge is 0.341 e. The number of ether oxygens (including phenoxy) is 1. The van der Waals surface area contributed by atoms with Crippen LogP contribution in [0, 0.1) is 0 Å². The molecular weight excluding hydrogens is 338 g/mol. The second-order valence-corrected chi connectivity index (χ2v) is 7.01. The van der Waals surface area contributed by atoms with Crippen LogP contribution in [0.2, 0.25) is 0 Å². The summed E-state index contributed by atoms with van der Waals surface area (Å²) in [6, 6.07) is 0. The Morgan fingerprint density at radius 3 is 2.92 bits per heavy atom. The lowest BCUT2D eigenvalue weighted by Gasteiger charge is -2.12. The third kappa shape index (κ3) is 3.99. The molecule has 0 atom stereocenters. The van der Waals surface area contributed by atoms with E-state index in [-0.39, 0.29) is 11.9 Å². The Morgan fingerprint density at radius 1 is 1.40 bits per heavy atom. The Morgan fingerprint density at radius 2 is 2.20 bits per heavy atom. The number of esters is 1. The molecule has 132 valence electrons. The van der Waals surface area contributed by atoms with Crippen molar-refractivity contribution in [2.75, 3.05) is 11.9 Å². The number of carbonyl (C=O) groups excluding carboxylic acids is 2. The van der Waals surface area contributed by atoms with Crippen LogP contribution in [-0.2, 0) is 29.4 Å². The monoisotopic (exact) mass is 359 g/mol. The maximum absolute atomic E-state index is 12.4. The summed E-state index contributed by atoms with van der Waals surface area (Å²) in [6.45, 7) is 2.10. The molecule has 0 saturated carbocycles. The van der Waals surface area contributed by atoms with E-state index in [1.54, 1.807) is 23.9 Å². The van der Waals surface area contributed by atoms with Gasteiger partial charge in [-0.3, -0.25) is 9.48 Å². The van der Waals surface area contributed by atoms with Crippen LogP contribution in [0.25, 0.3) is 6.08 Å². The molecule has 1 aliphatic carbocycles. The third-order valence-electron chi connectivity index (χ3n) is 4.04. The number of nitrogens with one attached hydrogen (secondary N) is 1. The Bertz CT molecular complexity index is 820. The van der Waals surface area contributed by atoms with Gasteiger partial charge in [-0.05, 0) is 44.2 Å². The summed E-state index contributed by atoms with van der Waals surface area (Å²) in [4.78, 5) is 25.8. The van der Waals surface area contributed by atoms with Crippen LogP contribution < -0.4 is 5.32 Å². The fourth-order valence-corrected chi connectivity index (χ4v) is 4.21. The first-order valence-electron chi connectivity index (χ1n) is 8.38. The molecule has 0 unspecified atom stereocenters. The molecule has 0 spiro atoms. The molecular formula is C18H21N3O3S. The molecule has 1 amide bonds. The zero-order valence-corrected chi connectivity index (χ0v) is 15.2. The highest BCUT2D eigenvalue weighted by atomic mass is 32.1. The highest BCUT2D eigenvalue weighted by molar-refractivity contribution is 7.17. The van der Waals surface area contributed by atoms with Gasteiger partial charge in [0.1, 0.15) is 5.00 Å². The molecule has 1 N–H and O–H groups in total. The molecule has 2 heterocycles. The third-order valence-corrected chi connectivity index (χ3v) is 5.25. The van der Waals surface area contributed by atoms with Crippen LogP contribution in [0.3, 0.4) is 0 Å². The van der Waals surface area contributed by atoms with Crippen LogP contribution in [0.1, 0.15) is 46.1 Å². The minimum absolute atomic E-state index is 0.270. The van der Waals surface area contributed by atoms with Gasteiger partial charge in [0.15, 0.2) is 0 Å². The number of carbonyl (C=O) groups is 2. The summed E-state index contributed by atoms with van der Waals surface area (Å²) in [7, 11) is 1.82. The minimum atomic E-state index is -0.353. The SMILES string of the molecule is CCOC(=O)c1c(NC(=O)C=Cc2cnn(C)c2)sc2c1CCCC2. The van der Waals surface area contributed by atoms with Gasteiger partial charge >= 0.3 is 5.97 Å². The highest BCUT2D eigenvalue weighted by Crippen LogP contribution is 2.38. The predicted octanol–water partition coefficient (Wildman–Crippen LogP) is 3.19. The van der Waals surface area contributed by atoms with Crippen LogP contribution in [-0.4, -0.2) is 28.3 Å². The van der Waals surface area contributed by atoms with Crippen molar-refractivity contribution in [1.29, 1.82) is 0 Å². The van der Waals surface area contributed by atoms with Gasteiger partial charge in [0.2, 0.25) is 5.91 Å². The molecule has 6 nitrogen and oxygen atoms in total. The lowest BCUT2D eigenvalue weighted by atomic mass is 9.95. The van der Waals surface area contributed by atoms with E-state index in [2.05, 4.69) is 10.4 Å². The van der Waals surface area contributed by atoms with Crippen LogP contribution in [0.5, 0.6) is 0 Å². The van der Waals surface area contributed by atoms with Gasteiger partial charge in [-0.1, -0.05) is 0 Å². The second kappa shape index (κ2) is 7.65. The van der Waals surface area contributed by atoms with Crippen molar-refractivity contribution in [3.8, 4) is 0 Å². The zero-order valence-electron chi connectivity index (χ0n) is 14.4. The van der Waals surface area contributed by atoms with Gasteiger partial charge in [-0.25, -0.2) is 4.79 Å². The highest BCUT2D eigenvalue weighted by Gasteiger charge is 2.26. The number of amides is 1. The van der Waals surface area contributed by atoms with Crippen molar-refractivity contribution in [3.63, 3.8) is 0 Å². The second-order valence-electron chi connectivity index (χ2n) is 5.91. The first-order valence-corrected chi connectivity index (χ1v) is 9.19. The number of fused-ring (bicyclic) bond motifs is 1. The number of hydrogen-bond donors (Lipinski definition) is 1. The van der Waals surface area contributed by atoms with Crippen LogP contribution in [0.4, 0.5) is 5.00 Å². The van der Waals surface area contributed by atoms with E-state index >= 15 is 0 Å². The fourth-order valence-electron chi connectivity index (χ4n) is 2.92. The summed E-state index contributed by atoms with van der Waals surface area (Å²) in [6.07, 6.45) is 10.6. The van der Waals surface area contributed by atoms with Gasteiger partial charge in [0.25, 0.3) is 0 Å². The molecule has 2 aromatic heterocycles. The Kier molecular flexibility index (Phi) is 5.33. The van der Waals surface area contributed by atoms with Gasteiger partial charge < -0.3 is 10.1 Å². The summed E-state index contributed by atoms with van der Waals surface area (Å²) >= 11 is 1.49. The van der Waals surface area contributed by atoms with Crippen molar-refractivity contribution in [2.45, 2.75) is 32.6 Å². The summed E-state index contributed by atoms with van der Waals surface area (Å²) in [5.74, 6) is -0.624. The van der Waals surface area contributed by atoms with Gasteiger partial charge in [0, 0.05) is 29.8 Å². The zero-order chi connectivity index (χ0) is 17.8. The molecule has 2 aromatic rings. The van der Waals surface area contributed by atoms with Gasteiger partial charge in [-0.2, -0.15) is 5.10 Å². The summed E-state index contributed by atoms with van der Waals surface area (Å²) in [5, 5.41) is 7.49. The van der Waals surface area contributed by atoms with E-state index in [4.69, 9.17) is 4.74 Å². The molecule has 0 aliphatic heterocycles. The number of nitrogens with zero attached hydrogens (tertiary/aromatic N) is 2. The summed E-state index contributed by atoms with van der Waals surface area (Å²) < 4.78 is 6.86. The van der Waals surface area contributed by atoms with Gasteiger partial charge in [-0.15, -0.1) is 11.3 Å². The Hall–Kier alpha value is -2.41. The average molecular weight is 359 g/mol. The topological polar surface area (TPSA) is 73.2 Å². The van der Waals surface area contributed by atoms with Crippen molar-refractivity contribution >= 4 is 34.3 Å². The fraction of sp³-hybridized carbons (Fsp3) is 0.389.